The monoisotopic (exact) mass is 394 g/mol. The quantitative estimate of drug-likeness (QED) is 0.747. The highest BCUT2D eigenvalue weighted by Crippen LogP contribution is 2.20. The first kappa shape index (κ1) is 20.4. The molecule has 0 radical (unpaired) electrons. The topological polar surface area (TPSA) is 66.5 Å². The van der Waals surface area contributed by atoms with Crippen molar-refractivity contribution in [1.82, 2.24) is 9.62 Å². The number of nitrogens with zero attached hydrogens (tertiary/aromatic N) is 1. The molecule has 0 heterocycles. The molecule has 0 atom stereocenters. The molecule has 0 aliphatic rings. The maximum absolute atomic E-state index is 12.2. The molecule has 2 rings (SSSR count). The third-order valence-electron chi connectivity index (χ3n) is 4.03. The second-order valence-electron chi connectivity index (χ2n) is 6.00. The first-order valence-electron chi connectivity index (χ1n) is 8.39. The van der Waals surface area contributed by atoms with Crippen LogP contribution in [-0.2, 0) is 27.8 Å². The van der Waals surface area contributed by atoms with E-state index in [1.54, 1.807) is 24.1 Å². The number of amides is 1. The fraction of sp³-hybridized carbons (Fsp3) is 0.316. The van der Waals surface area contributed by atoms with Gasteiger partial charge in [0.05, 0.1) is 5.02 Å². The largest absolute Gasteiger partial charge is 0.341 e. The number of aryl methyl sites for hydroxylation is 1. The lowest BCUT2D eigenvalue weighted by Gasteiger charge is -2.18. The van der Waals surface area contributed by atoms with Crippen LogP contribution in [0, 0.1) is 0 Å². The molecule has 0 bridgehead atoms. The third-order valence-corrected chi connectivity index (χ3v) is 5.99. The third kappa shape index (κ3) is 5.56. The Hall–Kier alpha value is -1.89. The van der Waals surface area contributed by atoms with E-state index < -0.39 is 10.0 Å². The van der Waals surface area contributed by atoms with Crippen molar-refractivity contribution in [2.45, 2.75) is 31.2 Å². The number of rotatable bonds is 8. The number of sulfonamides is 1. The molecule has 2 aromatic rings. The molecule has 0 aromatic heterocycles. The molecule has 0 spiro atoms. The van der Waals surface area contributed by atoms with Gasteiger partial charge in [-0.25, -0.2) is 13.1 Å². The number of nitrogens with one attached hydrogen (secondary N) is 1. The second kappa shape index (κ2) is 9.16. The van der Waals surface area contributed by atoms with Crippen molar-refractivity contribution in [3.63, 3.8) is 0 Å². The maximum Gasteiger partial charge on any atom is 0.242 e. The van der Waals surface area contributed by atoms with E-state index in [1.807, 2.05) is 24.3 Å². The molecule has 0 saturated heterocycles. The van der Waals surface area contributed by atoms with Crippen molar-refractivity contribution in [2.75, 3.05) is 13.6 Å². The Balaban J connectivity index is 1.86. The lowest BCUT2D eigenvalue weighted by Crippen LogP contribution is -2.32. The van der Waals surface area contributed by atoms with Crippen LogP contribution in [0.1, 0.15) is 24.5 Å². The number of carbonyl (C=O) groups excluding carboxylic acids is 1. The van der Waals surface area contributed by atoms with Crippen molar-refractivity contribution in [1.29, 1.82) is 0 Å². The fourth-order valence-electron chi connectivity index (χ4n) is 2.47. The van der Waals surface area contributed by atoms with E-state index in [2.05, 4.69) is 11.6 Å². The van der Waals surface area contributed by atoms with Gasteiger partial charge in [0, 0.05) is 26.6 Å². The van der Waals surface area contributed by atoms with Crippen LogP contribution >= 0.6 is 11.6 Å². The van der Waals surface area contributed by atoms with Crippen LogP contribution in [0.5, 0.6) is 0 Å². The molecule has 2 aromatic carbocycles. The summed E-state index contributed by atoms with van der Waals surface area (Å²) >= 11 is 5.92. The molecule has 1 N–H and O–H groups in total. The molecular formula is C19H23ClN2O3S. The van der Waals surface area contributed by atoms with Gasteiger partial charge in [0.2, 0.25) is 15.9 Å². The molecule has 0 saturated carbocycles. The summed E-state index contributed by atoms with van der Waals surface area (Å²) in [5, 5.41) is 0.152. The predicted molar refractivity (Wildman–Crippen MR) is 104 cm³/mol. The second-order valence-corrected chi connectivity index (χ2v) is 8.14. The molecule has 0 aliphatic carbocycles. The number of hydrogen-bond donors (Lipinski definition) is 1. The average molecular weight is 395 g/mol. The zero-order valence-corrected chi connectivity index (χ0v) is 16.5. The van der Waals surface area contributed by atoms with Gasteiger partial charge in [-0.3, -0.25) is 4.79 Å². The van der Waals surface area contributed by atoms with Crippen molar-refractivity contribution in [3.05, 3.63) is 64.7 Å². The molecule has 0 fully saturated rings. The van der Waals surface area contributed by atoms with E-state index in [9.17, 15) is 13.2 Å². The number of halogens is 1. The summed E-state index contributed by atoms with van der Waals surface area (Å²) in [7, 11) is -2.02. The van der Waals surface area contributed by atoms with Gasteiger partial charge in [0.25, 0.3) is 0 Å². The van der Waals surface area contributed by atoms with E-state index >= 15 is 0 Å². The van der Waals surface area contributed by atoms with Gasteiger partial charge in [0.15, 0.2) is 0 Å². The van der Waals surface area contributed by atoms with Crippen molar-refractivity contribution < 1.29 is 13.2 Å². The normalized spacial score (nSPS) is 11.3. The smallest absolute Gasteiger partial charge is 0.242 e. The Morgan fingerprint density at radius 3 is 2.31 bits per heavy atom. The number of benzene rings is 2. The van der Waals surface area contributed by atoms with Crippen LogP contribution in [0.15, 0.2) is 53.4 Å². The van der Waals surface area contributed by atoms with Crippen LogP contribution in [0.3, 0.4) is 0 Å². The number of carbonyl (C=O) groups is 1. The first-order valence-corrected chi connectivity index (χ1v) is 10.3. The Kier molecular flexibility index (Phi) is 7.20. The van der Waals surface area contributed by atoms with E-state index in [0.717, 1.165) is 12.0 Å². The standard InChI is InChI=1S/C19H23ClN2O3S/c1-3-15-8-10-16(11-9-15)14-22(2)19(23)12-13-21-26(24,25)18-7-5-4-6-17(18)20/h4-11,21H,3,12-14H2,1-2H3. The van der Waals surface area contributed by atoms with Gasteiger partial charge < -0.3 is 4.90 Å². The molecule has 26 heavy (non-hydrogen) atoms. The summed E-state index contributed by atoms with van der Waals surface area (Å²) < 4.78 is 26.9. The van der Waals surface area contributed by atoms with E-state index in [0.29, 0.717) is 6.54 Å². The van der Waals surface area contributed by atoms with Gasteiger partial charge in [-0.05, 0) is 29.7 Å². The zero-order chi connectivity index (χ0) is 19.2. The molecule has 0 unspecified atom stereocenters. The Morgan fingerprint density at radius 1 is 1.08 bits per heavy atom. The molecule has 5 nitrogen and oxygen atoms in total. The Morgan fingerprint density at radius 2 is 1.69 bits per heavy atom. The molecule has 0 aliphatic heterocycles. The molecule has 7 heteroatoms. The van der Waals surface area contributed by atoms with Gasteiger partial charge in [-0.2, -0.15) is 0 Å². The van der Waals surface area contributed by atoms with E-state index in [-0.39, 0.29) is 28.8 Å². The predicted octanol–water partition coefficient (Wildman–Crippen LogP) is 3.23. The van der Waals surface area contributed by atoms with Crippen molar-refractivity contribution in [3.8, 4) is 0 Å². The first-order chi connectivity index (χ1) is 12.3. The molecular weight excluding hydrogens is 372 g/mol. The van der Waals surface area contributed by atoms with Gasteiger partial charge in [0.1, 0.15) is 4.90 Å². The minimum atomic E-state index is -3.73. The summed E-state index contributed by atoms with van der Waals surface area (Å²) in [6.07, 6.45) is 1.05. The maximum atomic E-state index is 12.2. The van der Waals surface area contributed by atoms with Crippen LogP contribution in [-0.4, -0.2) is 32.8 Å². The summed E-state index contributed by atoms with van der Waals surface area (Å²) in [6, 6.07) is 14.3. The summed E-state index contributed by atoms with van der Waals surface area (Å²) in [6.45, 7) is 2.60. The summed E-state index contributed by atoms with van der Waals surface area (Å²) in [5.74, 6) is -0.133. The summed E-state index contributed by atoms with van der Waals surface area (Å²) in [4.78, 5) is 13.8. The summed E-state index contributed by atoms with van der Waals surface area (Å²) in [5.41, 5.74) is 2.28. The van der Waals surface area contributed by atoms with Gasteiger partial charge in [-0.1, -0.05) is 54.9 Å². The lowest BCUT2D eigenvalue weighted by molar-refractivity contribution is -0.130. The molecule has 140 valence electrons. The zero-order valence-electron chi connectivity index (χ0n) is 14.9. The Labute approximate surface area is 160 Å². The van der Waals surface area contributed by atoms with E-state index in [4.69, 9.17) is 11.6 Å². The average Bonchev–Trinajstić information content (AvgIpc) is 2.62. The number of hydrogen-bond acceptors (Lipinski definition) is 3. The SMILES string of the molecule is CCc1ccc(CN(C)C(=O)CCNS(=O)(=O)c2ccccc2Cl)cc1. The van der Waals surface area contributed by atoms with Crippen LogP contribution in [0.25, 0.3) is 0 Å². The van der Waals surface area contributed by atoms with Crippen molar-refractivity contribution in [2.24, 2.45) is 0 Å². The Bertz CT molecular complexity index is 851. The fourth-order valence-corrected chi connectivity index (χ4v) is 4.02. The minimum Gasteiger partial charge on any atom is -0.341 e. The van der Waals surface area contributed by atoms with Crippen molar-refractivity contribution >= 4 is 27.5 Å². The lowest BCUT2D eigenvalue weighted by atomic mass is 10.1. The van der Waals surface area contributed by atoms with Crippen LogP contribution < -0.4 is 4.72 Å². The van der Waals surface area contributed by atoms with Crippen LogP contribution in [0.2, 0.25) is 5.02 Å². The van der Waals surface area contributed by atoms with Crippen LogP contribution in [0.4, 0.5) is 0 Å². The highest BCUT2D eigenvalue weighted by Gasteiger charge is 2.18. The minimum absolute atomic E-state index is 0.0125. The highest BCUT2D eigenvalue weighted by atomic mass is 35.5. The highest BCUT2D eigenvalue weighted by molar-refractivity contribution is 7.89. The van der Waals surface area contributed by atoms with Gasteiger partial charge in [-0.15, -0.1) is 0 Å². The van der Waals surface area contributed by atoms with E-state index in [1.165, 1.54) is 17.7 Å². The van der Waals surface area contributed by atoms with Gasteiger partial charge >= 0.3 is 0 Å². The molecule has 1 amide bonds.